The molecule has 0 fully saturated rings. The first-order chi connectivity index (χ1) is 8.90. The first kappa shape index (κ1) is 13.4. The maximum absolute atomic E-state index is 12.1. The Morgan fingerprint density at radius 1 is 1.21 bits per heavy atom. The Kier molecular flexibility index (Phi) is 3.44. The summed E-state index contributed by atoms with van der Waals surface area (Å²) in [4.78, 5) is 3.88. The van der Waals surface area contributed by atoms with E-state index in [9.17, 15) is 13.5 Å². The fourth-order valence-electron chi connectivity index (χ4n) is 1.62. The van der Waals surface area contributed by atoms with Gasteiger partial charge in [-0.3, -0.25) is 9.71 Å². The summed E-state index contributed by atoms with van der Waals surface area (Å²) in [6.45, 7) is 3.43. The average Bonchev–Trinajstić information content (AvgIpc) is 2.37. The largest absolute Gasteiger partial charge is 0.508 e. The van der Waals surface area contributed by atoms with E-state index in [1.807, 2.05) is 0 Å². The van der Waals surface area contributed by atoms with Crippen molar-refractivity contribution in [1.82, 2.24) is 4.98 Å². The van der Waals surface area contributed by atoms with E-state index in [-0.39, 0.29) is 10.6 Å². The van der Waals surface area contributed by atoms with E-state index >= 15 is 0 Å². The maximum atomic E-state index is 12.1. The second-order valence-electron chi connectivity index (χ2n) is 4.25. The Morgan fingerprint density at radius 3 is 2.58 bits per heavy atom. The SMILES string of the molecule is Cc1cc(NS(=O)(=O)c2cccnc2)c(C)cc1O. The molecule has 100 valence electrons. The highest BCUT2D eigenvalue weighted by Crippen LogP contribution is 2.26. The quantitative estimate of drug-likeness (QED) is 0.844. The van der Waals surface area contributed by atoms with Crippen LogP contribution in [0.1, 0.15) is 11.1 Å². The topological polar surface area (TPSA) is 79.3 Å². The molecule has 2 aromatic rings. The molecule has 1 heterocycles. The molecule has 0 unspecified atom stereocenters. The summed E-state index contributed by atoms with van der Waals surface area (Å²) >= 11 is 0. The Morgan fingerprint density at radius 2 is 1.95 bits per heavy atom. The number of aromatic hydroxyl groups is 1. The highest BCUT2D eigenvalue weighted by Gasteiger charge is 2.15. The molecular formula is C13H14N2O3S. The van der Waals surface area contributed by atoms with Gasteiger partial charge in [-0.25, -0.2) is 8.42 Å². The first-order valence-electron chi connectivity index (χ1n) is 5.63. The molecule has 0 aliphatic rings. The number of anilines is 1. The standard InChI is InChI=1S/C13H14N2O3S/c1-9-7-13(16)10(2)6-12(9)15-19(17,18)11-4-3-5-14-8-11/h3-8,15-16H,1-2H3. The summed E-state index contributed by atoms with van der Waals surface area (Å²) < 4.78 is 26.8. The lowest BCUT2D eigenvalue weighted by molar-refractivity contribution is 0.471. The van der Waals surface area contributed by atoms with Crippen LogP contribution in [-0.4, -0.2) is 18.5 Å². The molecule has 0 aliphatic heterocycles. The number of aryl methyl sites for hydroxylation is 2. The predicted molar refractivity (Wildman–Crippen MR) is 72.6 cm³/mol. The van der Waals surface area contributed by atoms with E-state index < -0.39 is 10.0 Å². The molecular weight excluding hydrogens is 264 g/mol. The van der Waals surface area contributed by atoms with Gasteiger partial charge in [0.2, 0.25) is 0 Å². The fraction of sp³-hybridized carbons (Fsp3) is 0.154. The number of nitrogens with zero attached hydrogens (tertiary/aromatic N) is 1. The van der Waals surface area contributed by atoms with Gasteiger partial charge < -0.3 is 5.11 Å². The predicted octanol–water partition coefficient (Wildman–Crippen LogP) is 2.20. The lowest BCUT2D eigenvalue weighted by Gasteiger charge is -2.12. The van der Waals surface area contributed by atoms with E-state index in [0.717, 1.165) is 0 Å². The van der Waals surface area contributed by atoms with E-state index in [1.165, 1.54) is 24.5 Å². The molecule has 19 heavy (non-hydrogen) atoms. The number of phenols is 1. The summed E-state index contributed by atoms with van der Waals surface area (Å²) in [5, 5.41) is 9.55. The number of sulfonamides is 1. The summed E-state index contributed by atoms with van der Waals surface area (Å²) in [6, 6.07) is 6.15. The Labute approximate surface area is 112 Å². The molecule has 1 aromatic carbocycles. The number of aromatic nitrogens is 1. The Hall–Kier alpha value is -2.08. The zero-order chi connectivity index (χ0) is 14.0. The van der Waals surface area contributed by atoms with Gasteiger partial charge in [-0.2, -0.15) is 0 Å². The monoisotopic (exact) mass is 278 g/mol. The summed E-state index contributed by atoms with van der Waals surface area (Å²) in [6.07, 6.45) is 2.79. The molecule has 0 aliphatic carbocycles. The lowest BCUT2D eigenvalue weighted by Crippen LogP contribution is -2.14. The van der Waals surface area contributed by atoms with Crippen molar-refractivity contribution in [3.8, 4) is 5.75 Å². The van der Waals surface area contributed by atoms with Crippen molar-refractivity contribution >= 4 is 15.7 Å². The number of nitrogens with one attached hydrogen (secondary N) is 1. The minimum Gasteiger partial charge on any atom is -0.508 e. The van der Waals surface area contributed by atoms with Crippen LogP contribution in [0.15, 0.2) is 41.6 Å². The van der Waals surface area contributed by atoms with Gasteiger partial charge in [0.1, 0.15) is 10.6 Å². The van der Waals surface area contributed by atoms with Gasteiger partial charge in [0.15, 0.2) is 0 Å². The van der Waals surface area contributed by atoms with Crippen LogP contribution in [0.25, 0.3) is 0 Å². The number of hydrogen-bond acceptors (Lipinski definition) is 4. The molecule has 0 atom stereocenters. The van der Waals surface area contributed by atoms with E-state index in [4.69, 9.17) is 0 Å². The van der Waals surface area contributed by atoms with Crippen LogP contribution in [0.3, 0.4) is 0 Å². The number of phenolic OH excluding ortho intramolecular Hbond substituents is 1. The zero-order valence-corrected chi connectivity index (χ0v) is 11.4. The van der Waals surface area contributed by atoms with Crippen molar-refractivity contribution < 1.29 is 13.5 Å². The minimum atomic E-state index is -3.66. The second-order valence-corrected chi connectivity index (χ2v) is 5.93. The molecule has 0 saturated heterocycles. The van der Waals surface area contributed by atoms with Crippen LogP contribution in [0, 0.1) is 13.8 Å². The summed E-state index contributed by atoms with van der Waals surface area (Å²) in [7, 11) is -3.66. The Balaban J connectivity index is 2.39. The number of pyridine rings is 1. The fourth-order valence-corrected chi connectivity index (χ4v) is 2.71. The maximum Gasteiger partial charge on any atom is 0.263 e. The Bertz CT molecular complexity index is 697. The summed E-state index contributed by atoms with van der Waals surface area (Å²) in [5.41, 5.74) is 1.70. The van der Waals surface area contributed by atoms with Crippen LogP contribution < -0.4 is 4.72 Å². The average molecular weight is 278 g/mol. The van der Waals surface area contributed by atoms with Gasteiger partial charge in [0.25, 0.3) is 10.0 Å². The second kappa shape index (κ2) is 4.89. The highest BCUT2D eigenvalue weighted by molar-refractivity contribution is 7.92. The first-order valence-corrected chi connectivity index (χ1v) is 7.11. The van der Waals surface area contributed by atoms with Crippen molar-refractivity contribution in [1.29, 1.82) is 0 Å². The molecule has 2 N–H and O–H groups in total. The molecule has 1 aromatic heterocycles. The van der Waals surface area contributed by atoms with Crippen LogP contribution in [0.2, 0.25) is 0 Å². The third-order valence-corrected chi connectivity index (χ3v) is 4.08. The third-order valence-electron chi connectivity index (χ3n) is 2.73. The molecule has 0 amide bonds. The zero-order valence-electron chi connectivity index (χ0n) is 10.6. The van der Waals surface area contributed by atoms with E-state index in [2.05, 4.69) is 9.71 Å². The highest BCUT2D eigenvalue weighted by atomic mass is 32.2. The van der Waals surface area contributed by atoms with E-state index in [0.29, 0.717) is 16.8 Å². The minimum absolute atomic E-state index is 0.0973. The van der Waals surface area contributed by atoms with Gasteiger partial charge >= 0.3 is 0 Å². The summed E-state index contributed by atoms with van der Waals surface area (Å²) in [5.74, 6) is 0.141. The number of benzene rings is 1. The van der Waals surface area contributed by atoms with Crippen LogP contribution in [0.5, 0.6) is 5.75 Å². The van der Waals surface area contributed by atoms with Crippen molar-refractivity contribution in [3.63, 3.8) is 0 Å². The van der Waals surface area contributed by atoms with Gasteiger partial charge in [-0.05, 0) is 49.2 Å². The van der Waals surface area contributed by atoms with Crippen molar-refractivity contribution in [2.24, 2.45) is 0 Å². The van der Waals surface area contributed by atoms with Crippen molar-refractivity contribution in [3.05, 3.63) is 47.8 Å². The van der Waals surface area contributed by atoms with Crippen molar-refractivity contribution in [2.75, 3.05) is 4.72 Å². The van der Waals surface area contributed by atoms with Crippen LogP contribution in [0.4, 0.5) is 5.69 Å². The lowest BCUT2D eigenvalue weighted by atomic mass is 10.1. The molecule has 0 bridgehead atoms. The third kappa shape index (κ3) is 2.85. The molecule has 0 spiro atoms. The van der Waals surface area contributed by atoms with Gasteiger partial charge in [-0.1, -0.05) is 0 Å². The van der Waals surface area contributed by atoms with Gasteiger partial charge in [0, 0.05) is 12.4 Å². The molecule has 0 radical (unpaired) electrons. The molecule has 0 saturated carbocycles. The van der Waals surface area contributed by atoms with Gasteiger partial charge in [-0.15, -0.1) is 0 Å². The van der Waals surface area contributed by atoms with Crippen LogP contribution >= 0.6 is 0 Å². The van der Waals surface area contributed by atoms with Crippen molar-refractivity contribution in [2.45, 2.75) is 18.7 Å². The van der Waals surface area contributed by atoms with Crippen LogP contribution in [-0.2, 0) is 10.0 Å². The number of hydrogen-bond donors (Lipinski definition) is 2. The molecule has 2 rings (SSSR count). The normalized spacial score (nSPS) is 11.3. The van der Waals surface area contributed by atoms with E-state index in [1.54, 1.807) is 26.0 Å². The molecule has 6 heteroatoms. The van der Waals surface area contributed by atoms with Gasteiger partial charge in [0.05, 0.1) is 5.69 Å². The smallest absolute Gasteiger partial charge is 0.263 e. The number of rotatable bonds is 3. The molecule has 5 nitrogen and oxygen atoms in total.